The highest BCUT2D eigenvalue weighted by molar-refractivity contribution is 6.01. The SMILES string of the molecule is CCCCCCOC(=O)C(CC)(CC)C(=O)Oc1ccc2ccccc2c1. The van der Waals surface area contributed by atoms with Crippen LogP contribution in [0.1, 0.15) is 59.3 Å². The second-order valence-electron chi connectivity index (χ2n) is 6.88. The van der Waals surface area contributed by atoms with E-state index in [0.29, 0.717) is 25.2 Å². The molecular weight excluding hydrogens is 340 g/mol. The summed E-state index contributed by atoms with van der Waals surface area (Å²) in [6.45, 7) is 6.13. The fraction of sp³-hybridized carbons (Fsp3) is 0.478. The molecule has 2 rings (SSSR count). The van der Waals surface area contributed by atoms with Gasteiger partial charge in [-0.2, -0.15) is 0 Å². The Morgan fingerprint density at radius 2 is 1.56 bits per heavy atom. The van der Waals surface area contributed by atoms with Crippen LogP contribution < -0.4 is 4.74 Å². The summed E-state index contributed by atoms with van der Waals surface area (Å²) in [6, 6.07) is 13.3. The smallest absolute Gasteiger partial charge is 0.328 e. The molecule has 0 radical (unpaired) electrons. The first-order valence-electron chi connectivity index (χ1n) is 9.95. The van der Waals surface area contributed by atoms with Crippen LogP contribution in [0.5, 0.6) is 5.75 Å². The molecule has 0 aliphatic heterocycles. The number of carbonyl (C=O) groups excluding carboxylic acids is 2. The fourth-order valence-corrected chi connectivity index (χ4v) is 3.18. The van der Waals surface area contributed by atoms with Crippen LogP contribution in [0.3, 0.4) is 0 Å². The van der Waals surface area contributed by atoms with Gasteiger partial charge < -0.3 is 9.47 Å². The van der Waals surface area contributed by atoms with E-state index in [9.17, 15) is 9.59 Å². The third-order valence-electron chi connectivity index (χ3n) is 5.15. The minimum Gasteiger partial charge on any atom is -0.465 e. The lowest BCUT2D eigenvalue weighted by molar-refractivity contribution is -0.168. The van der Waals surface area contributed by atoms with Crippen LogP contribution in [0.2, 0.25) is 0 Å². The van der Waals surface area contributed by atoms with E-state index in [4.69, 9.17) is 9.47 Å². The van der Waals surface area contributed by atoms with Crippen LogP contribution in [0.15, 0.2) is 42.5 Å². The lowest BCUT2D eigenvalue weighted by Gasteiger charge is -2.26. The molecule has 146 valence electrons. The zero-order chi connectivity index (χ0) is 19.7. The van der Waals surface area contributed by atoms with Gasteiger partial charge in [0.2, 0.25) is 0 Å². The molecule has 0 N–H and O–H groups in total. The molecule has 0 amide bonds. The van der Waals surface area contributed by atoms with E-state index in [-0.39, 0.29) is 0 Å². The summed E-state index contributed by atoms with van der Waals surface area (Å²) in [4.78, 5) is 25.6. The minimum absolute atomic E-state index is 0.351. The van der Waals surface area contributed by atoms with Crippen molar-refractivity contribution in [3.05, 3.63) is 42.5 Å². The zero-order valence-corrected chi connectivity index (χ0v) is 16.6. The highest BCUT2D eigenvalue weighted by atomic mass is 16.6. The standard InChI is InChI=1S/C23H30O4/c1-4-7-8-11-16-26-21(24)23(5-2,6-3)22(25)27-20-15-14-18-12-9-10-13-19(18)17-20/h9-10,12-15,17H,4-8,11,16H2,1-3H3. The first-order valence-corrected chi connectivity index (χ1v) is 9.95. The van der Waals surface area contributed by atoms with Crippen molar-refractivity contribution in [3.63, 3.8) is 0 Å². The summed E-state index contributed by atoms with van der Waals surface area (Å²) < 4.78 is 11.0. The van der Waals surface area contributed by atoms with Gasteiger partial charge in [0, 0.05) is 0 Å². The van der Waals surface area contributed by atoms with Crippen molar-refractivity contribution < 1.29 is 19.1 Å². The third-order valence-corrected chi connectivity index (χ3v) is 5.15. The first kappa shape index (κ1) is 20.9. The Kier molecular flexibility index (Phi) is 7.83. The molecule has 0 heterocycles. The Hall–Kier alpha value is -2.36. The molecule has 0 atom stereocenters. The molecule has 0 unspecified atom stereocenters. The molecular formula is C23H30O4. The van der Waals surface area contributed by atoms with Gasteiger partial charge in [-0.15, -0.1) is 0 Å². The number of unbranched alkanes of at least 4 members (excludes halogenated alkanes) is 3. The Bertz CT molecular complexity index is 762. The number of fused-ring (bicyclic) bond motifs is 1. The lowest BCUT2D eigenvalue weighted by Crippen LogP contribution is -2.42. The maximum Gasteiger partial charge on any atom is 0.328 e. The molecule has 0 bridgehead atoms. The first-order chi connectivity index (χ1) is 13.1. The number of carbonyl (C=O) groups is 2. The molecule has 0 fully saturated rings. The quantitative estimate of drug-likeness (QED) is 0.234. The molecule has 0 aliphatic carbocycles. The summed E-state index contributed by atoms with van der Waals surface area (Å²) in [5.41, 5.74) is -1.25. The number of esters is 2. The Balaban J connectivity index is 2.08. The van der Waals surface area contributed by atoms with E-state index >= 15 is 0 Å². The van der Waals surface area contributed by atoms with Crippen LogP contribution in [0.25, 0.3) is 10.8 Å². The van der Waals surface area contributed by atoms with Gasteiger partial charge in [0.25, 0.3) is 0 Å². The van der Waals surface area contributed by atoms with Crippen molar-refractivity contribution >= 4 is 22.7 Å². The van der Waals surface area contributed by atoms with Crippen molar-refractivity contribution in [1.82, 2.24) is 0 Å². The monoisotopic (exact) mass is 370 g/mol. The summed E-state index contributed by atoms with van der Waals surface area (Å²) in [6.07, 6.45) is 4.79. The van der Waals surface area contributed by atoms with Crippen LogP contribution in [0.4, 0.5) is 0 Å². The predicted molar refractivity (Wildman–Crippen MR) is 108 cm³/mol. The molecule has 0 aromatic heterocycles. The Labute approximate surface area is 161 Å². The zero-order valence-electron chi connectivity index (χ0n) is 16.6. The maximum atomic E-state index is 12.9. The van der Waals surface area contributed by atoms with Crippen LogP contribution in [-0.4, -0.2) is 18.5 Å². The van der Waals surface area contributed by atoms with Crippen molar-refractivity contribution in [2.75, 3.05) is 6.61 Å². The van der Waals surface area contributed by atoms with Gasteiger partial charge in [-0.1, -0.05) is 70.4 Å². The van der Waals surface area contributed by atoms with E-state index < -0.39 is 17.4 Å². The van der Waals surface area contributed by atoms with E-state index in [1.165, 1.54) is 0 Å². The topological polar surface area (TPSA) is 52.6 Å². The number of ether oxygens (including phenoxy) is 2. The molecule has 27 heavy (non-hydrogen) atoms. The van der Waals surface area contributed by atoms with Gasteiger partial charge in [-0.25, -0.2) is 0 Å². The van der Waals surface area contributed by atoms with Crippen molar-refractivity contribution in [1.29, 1.82) is 0 Å². The average Bonchev–Trinajstić information content (AvgIpc) is 2.69. The predicted octanol–water partition coefficient (Wildman–Crippen LogP) is 5.68. The Morgan fingerprint density at radius 1 is 0.852 bits per heavy atom. The second kappa shape index (κ2) is 10.1. The molecule has 4 nitrogen and oxygen atoms in total. The maximum absolute atomic E-state index is 12.9. The second-order valence-corrected chi connectivity index (χ2v) is 6.88. The van der Waals surface area contributed by atoms with E-state index in [1.807, 2.05) is 50.2 Å². The summed E-state index contributed by atoms with van der Waals surface area (Å²) >= 11 is 0. The average molecular weight is 370 g/mol. The number of hydrogen-bond donors (Lipinski definition) is 0. The summed E-state index contributed by atoms with van der Waals surface area (Å²) in [5.74, 6) is -0.572. The van der Waals surface area contributed by atoms with E-state index in [0.717, 1.165) is 36.5 Å². The van der Waals surface area contributed by atoms with Crippen LogP contribution in [0, 0.1) is 5.41 Å². The number of benzene rings is 2. The van der Waals surface area contributed by atoms with E-state index in [2.05, 4.69) is 6.92 Å². The van der Waals surface area contributed by atoms with Crippen LogP contribution >= 0.6 is 0 Å². The van der Waals surface area contributed by atoms with Crippen LogP contribution in [-0.2, 0) is 14.3 Å². The third kappa shape index (κ3) is 5.09. The molecule has 0 aliphatic rings. The highest BCUT2D eigenvalue weighted by Crippen LogP contribution is 2.32. The minimum atomic E-state index is -1.25. The normalized spacial score (nSPS) is 11.4. The Morgan fingerprint density at radius 3 is 2.22 bits per heavy atom. The van der Waals surface area contributed by atoms with Gasteiger partial charge in [0.05, 0.1) is 6.61 Å². The van der Waals surface area contributed by atoms with Gasteiger partial charge in [0.1, 0.15) is 5.75 Å². The van der Waals surface area contributed by atoms with E-state index in [1.54, 1.807) is 6.07 Å². The molecule has 4 heteroatoms. The number of rotatable bonds is 10. The molecule has 2 aromatic rings. The molecule has 0 saturated heterocycles. The van der Waals surface area contributed by atoms with Gasteiger partial charge in [-0.3, -0.25) is 9.59 Å². The molecule has 0 spiro atoms. The van der Waals surface area contributed by atoms with Crippen molar-refractivity contribution in [3.8, 4) is 5.75 Å². The van der Waals surface area contributed by atoms with Gasteiger partial charge in [0.15, 0.2) is 5.41 Å². The largest absolute Gasteiger partial charge is 0.465 e. The molecule has 0 saturated carbocycles. The van der Waals surface area contributed by atoms with Crippen molar-refractivity contribution in [2.24, 2.45) is 5.41 Å². The highest BCUT2D eigenvalue weighted by Gasteiger charge is 2.46. The fourth-order valence-electron chi connectivity index (χ4n) is 3.18. The summed E-state index contributed by atoms with van der Waals surface area (Å²) in [5, 5.41) is 2.06. The van der Waals surface area contributed by atoms with Crippen molar-refractivity contribution in [2.45, 2.75) is 59.3 Å². The number of hydrogen-bond acceptors (Lipinski definition) is 4. The molecule has 2 aromatic carbocycles. The lowest BCUT2D eigenvalue weighted by atomic mass is 9.82. The summed E-state index contributed by atoms with van der Waals surface area (Å²) in [7, 11) is 0. The van der Waals surface area contributed by atoms with Gasteiger partial charge >= 0.3 is 11.9 Å². The van der Waals surface area contributed by atoms with Gasteiger partial charge in [-0.05, 0) is 42.2 Å².